The van der Waals surface area contributed by atoms with Crippen molar-refractivity contribution in [3.63, 3.8) is 0 Å². The van der Waals surface area contributed by atoms with Crippen molar-refractivity contribution in [2.45, 2.75) is 6.42 Å². The molecule has 0 spiro atoms. The van der Waals surface area contributed by atoms with Gasteiger partial charge in [-0.15, -0.1) is 0 Å². The van der Waals surface area contributed by atoms with E-state index in [1.807, 2.05) is 24.3 Å². The molecule has 0 amide bonds. The molecule has 0 atom stereocenters. The standard InChI is InChI=1S/C15H15NO3/c1-18-15(17)13-4-2-12(3-5-13)8-11-19-14-6-9-16-10-7-14/h2-7,9-10H,8,11H2,1H3. The Morgan fingerprint density at radius 3 is 2.42 bits per heavy atom. The maximum absolute atomic E-state index is 11.3. The van der Waals surface area contributed by atoms with Gasteiger partial charge in [0.15, 0.2) is 0 Å². The fourth-order valence-electron chi connectivity index (χ4n) is 1.65. The number of benzene rings is 1. The number of pyridine rings is 1. The summed E-state index contributed by atoms with van der Waals surface area (Å²) in [5.74, 6) is 0.487. The Labute approximate surface area is 112 Å². The largest absolute Gasteiger partial charge is 0.493 e. The molecule has 2 rings (SSSR count). The minimum Gasteiger partial charge on any atom is -0.493 e. The molecule has 1 aromatic heterocycles. The second kappa shape index (κ2) is 6.54. The van der Waals surface area contributed by atoms with Gasteiger partial charge in [-0.3, -0.25) is 4.98 Å². The molecule has 0 aliphatic heterocycles. The molecule has 0 fully saturated rings. The van der Waals surface area contributed by atoms with Crippen LogP contribution in [0.3, 0.4) is 0 Å². The summed E-state index contributed by atoms with van der Waals surface area (Å²) in [5, 5.41) is 0. The van der Waals surface area contributed by atoms with E-state index in [0.717, 1.165) is 17.7 Å². The van der Waals surface area contributed by atoms with Crippen LogP contribution >= 0.6 is 0 Å². The van der Waals surface area contributed by atoms with E-state index in [9.17, 15) is 4.79 Å². The normalized spacial score (nSPS) is 9.95. The third-order valence-corrected chi connectivity index (χ3v) is 2.68. The highest BCUT2D eigenvalue weighted by Gasteiger charge is 2.04. The lowest BCUT2D eigenvalue weighted by Crippen LogP contribution is -2.03. The molecule has 0 saturated carbocycles. The monoisotopic (exact) mass is 257 g/mol. The van der Waals surface area contributed by atoms with Crippen LogP contribution in [0.2, 0.25) is 0 Å². The van der Waals surface area contributed by atoms with E-state index in [-0.39, 0.29) is 5.97 Å². The van der Waals surface area contributed by atoms with E-state index in [1.54, 1.807) is 24.5 Å². The average Bonchev–Trinajstić information content (AvgIpc) is 2.48. The number of nitrogens with zero attached hydrogens (tertiary/aromatic N) is 1. The number of methoxy groups -OCH3 is 1. The predicted molar refractivity (Wildman–Crippen MR) is 71.2 cm³/mol. The summed E-state index contributed by atoms with van der Waals surface area (Å²) < 4.78 is 10.2. The van der Waals surface area contributed by atoms with Gasteiger partial charge in [0.1, 0.15) is 5.75 Å². The first-order valence-corrected chi connectivity index (χ1v) is 5.99. The molecular weight excluding hydrogens is 242 g/mol. The molecule has 0 unspecified atom stereocenters. The van der Waals surface area contributed by atoms with Crippen LogP contribution in [0.1, 0.15) is 15.9 Å². The van der Waals surface area contributed by atoms with E-state index in [4.69, 9.17) is 4.74 Å². The fraction of sp³-hybridized carbons (Fsp3) is 0.200. The number of ether oxygens (including phenoxy) is 2. The van der Waals surface area contributed by atoms with Gasteiger partial charge < -0.3 is 9.47 Å². The Kier molecular flexibility index (Phi) is 4.50. The lowest BCUT2D eigenvalue weighted by molar-refractivity contribution is 0.0600. The summed E-state index contributed by atoms with van der Waals surface area (Å²) in [4.78, 5) is 15.2. The molecule has 1 aromatic carbocycles. The number of hydrogen-bond donors (Lipinski definition) is 0. The first-order valence-electron chi connectivity index (χ1n) is 5.99. The number of rotatable bonds is 5. The Morgan fingerprint density at radius 1 is 1.11 bits per heavy atom. The third kappa shape index (κ3) is 3.81. The van der Waals surface area contributed by atoms with Crippen LogP contribution in [-0.4, -0.2) is 24.7 Å². The maximum atomic E-state index is 11.3. The van der Waals surface area contributed by atoms with Gasteiger partial charge in [0.05, 0.1) is 19.3 Å². The highest BCUT2D eigenvalue weighted by molar-refractivity contribution is 5.89. The van der Waals surface area contributed by atoms with E-state index in [0.29, 0.717) is 12.2 Å². The lowest BCUT2D eigenvalue weighted by Gasteiger charge is -2.06. The highest BCUT2D eigenvalue weighted by atomic mass is 16.5. The Morgan fingerprint density at radius 2 is 1.79 bits per heavy atom. The highest BCUT2D eigenvalue weighted by Crippen LogP contribution is 2.09. The Bertz CT molecular complexity index is 523. The lowest BCUT2D eigenvalue weighted by atomic mass is 10.1. The quantitative estimate of drug-likeness (QED) is 0.772. The molecule has 2 aromatic rings. The predicted octanol–water partition coefficient (Wildman–Crippen LogP) is 2.49. The fourth-order valence-corrected chi connectivity index (χ4v) is 1.65. The zero-order chi connectivity index (χ0) is 13.5. The number of aromatic nitrogens is 1. The minimum atomic E-state index is -0.320. The molecule has 98 valence electrons. The van der Waals surface area contributed by atoms with E-state index in [2.05, 4.69) is 9.72 Å². The number of carbonyl (C=O) groups is 1. The van der Waals surface area contributed by atoms with Crippen LogP contribution < -0.4 is 4.74 Å². The van der Waals surface area contributed by atoms with Gasteiger partial charge in [-0.05, 0) is 29.8 Å². The van der Waals surface area contributed by atoms with E-state index < -0.39 is 0 Å². The van der Waals surface area contributed by atoms with Crippen molar-refractivity contribution in [1.29, 1.82) is 0 Å². The van der Waals surface area contributed by atoms with Crippen molar-refractivity contribution in [3.8, 4) is 5.75 Å². The summed E-state index contributed by atoms with van der Waals surface area (Å²) in [6.45, 7) is 0.585. The van der Waals surface area contributed by atoms with Crippen molar-refractivity contribution in [2.75, 3.05) is 13.7 Å². The van der Waals surface area contributed by atoms with Gasteiger partial charge >= 0.3 is 5.97 Å². The van der Waals surface area contributed by atoms with Crippen LogP contribution in [0.15, 0.2) is 48.8 Å². The molecule has 4 heteroatoms. The first-order chi connectivity index (χ1) is 9.29. The van der Waals surface area contributed by atoms with Crippen LogP contribution in [0.5, 0.6) is 5.75 Å². The van der Waals surface area contributed by atoms with Gasteiger partial charge in [-0.1, -0.05) is 12.1 Å². The summed E-state index contributed by atoms with van der Waals surface area (Å²) in [5.41, 5.74) is 1.67. The number of esters is 1. The zero-order valence-electron chi connectivity index (χ0n) is 10.7. The molecule has 0 N–H and O–H groups in total. The average molecular weight is 257 g/mol. The van der Waals surface area contributed by atoms with Crippen molar-refractivity contribution in [1.82, 2.24) is 4.98 Å². The van der Waals surface area contributed by atoms with Crippen LogP contribution in [-0.2, 0) is 11.2 Å². The number of hydrogen-bond acceptors (Lipinski definition) is 4. The smallest absolute Gasteiger partial charge is 0.337 e. The van der Waals surface area contributed by atoms with Gasteiger partial charge in [0, 0.05) is 18.8 Å². The molecule has 1 heterocycles. The molecule has 0 aliphatic rings. The molecule has 0 saturated heterocycles. The first kappa shape index (κ1) is 13.1. The minimum absolute atomic E-state index is 0.320. The van der Waals surface area contributed by atoms with Gasteiger partial charge in [0.2, 0.25) is 0 Å². The zero-order valence-corrected chi connectivity index (χ0v) is 10.7. The van der Waals surface area contributed by atoms with Gasteiger partial charge in [-0.25, -0.2) is 4.79 Å². The van der Waals surface area contributed by atoms with Crippen molar-refractivity contribution < 1.29 is 14.3 Å². The van der Waals surface area contributed by atoms with E-state index in [1.165, 1.54) is 7.11 Å². The number of carbonyl (C=O) groups excluding carboxylic acids is 1. The Hall–Kier alpha value is -2.36. The van der Waals surface area contributed by atoms with Gasteiger partial charge in [-0.2, -0.15) is 0 Å². The van der Waals surface area contributed by atoms with Crippen molar-refractivity contribution >= 4 is 5.97 Å². The topological polar surface area (TPSA) is 48.4 Å². The Balaban J connectivity index is 1.85. The van der Waals surface area contributed by atoms with Crippen LogP contribution in [0.4, 0.5) is 0 Å². The SMILES string of the molecule is COC(=O)c1ccc(CCOc2ccncc2)cc1. The third-order valence-electron chi connectivity index (χ3n) is 2.68. The molecular formula is C15H15NO3. The molecule has 4 nitrogen and oxygen atoms in total. The second-order valence-electron chi connectivity index (χ2n) is 3.97. The summed E-state index contributed by atoms with van der Waals surface area (Å²) in [7, 11) is 1.37. The van der Waals surface area contributed by atoms with Crippen LogP contribution in [0, 0.1) is 0 Å². The molecule has 0 aliphatic carbocycles. The molecule has 19 heavy (non-hydrogen) atoms. The summed E-state index contributed by atoms with van der Waals surface area (Å²) in [6, 6.07) is 11.0. The maximum Gasteiger partial charge on any atom is 0.337 e. The van der Waals surface area contributed by atoms with Crippen LogP contribution in [0.25, 0.3) is 0 Å². The van der Waals surface area contributed by atoms with E-state index >= 15 is 0 Å². The summed E-state index contributed by atoms with van der Waals surface area (Å²) >= 11 is 0. The van der Waals surface area contributed by atoms with Crippen molar-refractivity contribution in [3.05, 3.63) is 59.9 Å². The second-order valence-corrected chi connectivity index (χ2v) is 3.97. The summed E-state index contributed by atoms with van der Waals surface area (Å²) in [6.07, 6.45) is 4.17. The molecule has 0 radical (unpaired) electrons. The van der Waals surface area contributed by atoms with Gasteiger partial charge in [0.25, 0.3) is 0 Å². The van der Waals surface area contributed by atoms with Crippen molar-refractivity contribution in [2.24, 2.45) is 0 Å². The molecule has 0 bridgehead atoms.